The minimum atomic E-state index is 0.0209. The Morgan fingerprint density at radius 3 is 2.57 bits per heavy atom. The average molecular weight is 397 g/mol. The Morgan fingerprint density at radius 2 is 1.93 bits per heavy atom. The highest BCUT2D eigenvalue weighted by atomic mass is 35.5. The summed E-state index contributed by atoms with van der Waals surface area (Å²) in [5, 5.41) is 23.6. The Kier molecular flexibility index (Phi) is 6.23. The van der Waals surface area contributed by atoms with Gasteiger partial charge in [-0.25, -0.2) is 9.97 Å². The highest BCUT2D eigenvalue weighted by molar-refractivity contribution is 6.32. The second-order valence-electron chi connectivity index (χ2n) is 6.33. The number of rotatable bonds is 7. The molecule has 0 unspecified atom stereocenters. The maximum absolute atomic E-state index is 9.66. The zero-order valence-corrected chi connectivity index (χ0v) is 16.6. The van der Waals surface area contributed by atoms with Crippen molar-refractivity contribution in [1.82, 2.24) is 9.97 Å². The van der Waals surface area contributed by atoms with Crippen molar-refractivity contribution < 1.29 is 10.4 Å². The lowest BCUT2D eigenvalue weighted by atomic mass is 10.1. The summed E-state index contributed by atoms with van der Waals surface area (Å²) < 4.78 is 0. The number of phenols is 1. The van der Waals surface area contributed by atoms with E-state index < -0.39 is 0 Å². The first-order chi connectivity index (χ1) is 13.5. The number of nitrogens with two attached hydrogens (primary N) is 1. The van der Waals surface area contributed by atoms with Gasteiger partial charge in [-0.1, -0.05) is 55.3 Å². The smallest absolute Gasteiger partial charge is 0.200 e. The number of aromatic nitrogens is 2. The summed E-state index contributed by atoms with van der Waals surface area (Å²) in [6.07, 6.45) is 1.50. The molecule has 1 heterocycles. The van der Waals surface area contributed by atoms with Crippen LogP contribution in [0.5, 0.6) is 5.75 Å². The molecule has 6 nitrogen and oxygen atoms in total. The van der Waals surface area contributed by atoms with E-state index in [1.807, 2.05) is 49.6 Å². The predicted molar refractivity (Wildman–Crippen MR) is 113 cm³/mol. The number of nitrogens with one attached hydrogen (secondary N) is 2. The molecule has 0 amide bonds. The number of hydrogen-bond acceptors (Lipinski definition) is 5. The lowest BCUT2D eigenvalue weighted by Gasteiger charge is -2.14. The molecule has 0 saturated heterocycles. The van der Waals surface area contributed by atoms with Crippen LogP contribution in [0.3, 0.4) is 0 Å². The van der Waals surface area contributed by atoms with Gasteiger partial charge in [0.2, 0.25) is 5.69 Å². The first kappa shape index (κ1) is 19.8. The molecule has 0 bridgehead atoms. The Labute approximate surface area is 169 Å². The van der Waals surface area contributed by atoms with Crippen molar-refractivity contribution in [3.05, 3.63) is 59.2 Å². The second-order valence-corrected chi connectivity index (χ2v) is 6.74. The summed E-state index contributed by atoms with van der Waals surface area (Å²) in [5.41, 5.74) is 3.42. The predicted octanol–water partition coefficient (Wildman–Crippen LogP) is 4.24. The minimum absolute atomic E-state index is 0.0209. The molecule has 2 aromatic carbocycles. The van der Waals surface area contributed by atoms with E-state index >= 15 is 0 Å². The van der Waals surface area contributed by atoms with Crippen LogP contribution in [0.2, 0.25) is 5.02 Å². The fourth-order valence-electron chi connectivity index (χ4n) is 2.87. The van der Waals surface area contributed by atoms with E-state index in [0.717, 1.165) is 17.7 Å². The van der Waals surface area contributed by atoms with E-state index in [0.29, 0.717) is 35.2 Å². The zero-order valence-electron chi connectivity index (χ0n) is 15.8. The summed E-state index contributed by atoms with van der Waals surface area (Å²) in [6.45, 7) is 2.04. The number of phenolic OH excluding ortho intramolecular Hbond substituents is 1. The van der Waals surface area contributed by atoms with Crippen molar-refractivity contribution in [3.63, 3.8) is 0 Å². The van der Waals surface area contributed by atoms with Crippen LogP contribution in [0.15, 0.2) is 48.5 Å². The number of halogens is 1. The number of hydrogen-bond donors (Lipinski definition) is 4. The molecular weight excluding hydrogens is 374 g/mol. The summed E-state index contributed by atoms with van der Waals surface area (Å²) in [6, 6.07) is 14.6. The lowest BCUT2D eigenvalue weighted by molar-refractivity contribution is -0.539. The van der Waals surface area contributed by atoms with Gasteiger partial charge in [0.1, 0.15) is 5.75 Å². The number of nitrogens with zero attached hydrogens (tertiary/aromatic N) is 2. The molecule has 0 radical (unpaired) electrons. The van der Waals surface area contributed by atoms with Gasteiger partial charge in [-0.3, -0.25) is 0 Å². The van der Waals surface area contributed by atoms with Gasteiger partial charge in [0, 0.05) is 11.3 Å². The van der Waals surface area contributed by atoms with Crippen LogP contribution in [-0.2, 0) is 0 Å². The molecule has 5 N–H and O–H groups in total. The quantitative estimate of drug-likeness (QED) is 0.354. The maximum atomic E-state index is 9.66. The molecule has 0 atom stereocenters. The van der Waals surface area contributed by atoms with Crippen molar-refractivity contribution in [2.24, 2.45) is 0 Å². The van der Waals surface area contributed by atoms with Gasteiger partial charge in [-0.15, -0.1) is 0 Å². The molecule has 3 aromatic rings. The fourth-order valence-corrected chi connectivity index (χ4v) is 3.05. The normalized spacial score (nSPS) is 10.7. The van der Waals surface area contributed by atoms with Crippen LogP contribution in [0.4, 0.5) is 17.2 Å². The molecule has 7 heteroatoms. The van der Waals surface area contributed by atoms with Gasteiger partial charge in [-0.05, 0) is 24.6 Å². The topological polar surface area (TPSA) is 98.5 Å². The monoisotopic (exact) mass is 396 g/mol. The van der Waals surface area contributed by atoms with E-state index in [-0.39, 0.29) is 10.8 Å². The largest absolute Gasteiger partial charge is 0.506 e. The molecule has 0 aliphatic heterocycles. The molecule has 3 rings (SSSR count). The average Bonchev–Trinajstić information content (AvgIpc) is 2.71. The van der Waals surface area contributed by atoms with Gasteiger partial charge < -0.3 is 21.1 Å². The zero-order chi connectivity index (χ0) is 20.1. The van der Waals surface area contributed by atoms with Gasteiger partial charge >= 0.3 is 0 Å². The van der Waals surface area contributed by atoms with Gasteiger partial charge in [-0.2, -0.15) is 0 Å². The summed E-state index contributed by atoms with van der Waals surface area (Å²) in [5.74, 6) is 1.16. The van der Waals surface area contributed by atoms with Crippen LogP contribution in [0, 0.1) is 5.41 Å². The molecule has 0 spiro atoms. The van der Waals surface area contributed by atoms with E-state index in [9.17, 15) is 5.11 Å². The summed E-state index contributed by atoms with van der Waals surface area (Å²) in [4.78, 5) is 9.40. The third kappa shape index (κ3) is 4.30. The number of quaternary nitrogens is 1. The molecule has 1 aromatic heterocycles. The van der Waals surface area contributed by atoms with Crippen LogP contribution < -0.4 is 10.6 Å². The first-order valence-corrected chi connectivity index (χ1v) is 9.51. The van der Waals surface area contributed by atoms with Crippen LogP contribution in [0.25, 0.3) is 11.4 Å². The fraction of sp³-hybridized carbons (Fsp3) is 0.190. The molecule has 28 heavy (non-hydrogen) atoms. The van der Waals surface area contributed by atoms with Crippen molar-refractivity contribution in [2.45, 2.75) is 19.8 Å². The second kappa shape index (κ2) is 8.82. The Balaban J connectivity index is 2.13. The minimum Gasteiger partial charge on any atom is -0.506 e. The molecule has 0 aliphatic carbocycles. The molecule has 0 aliphatic rings. The van der Waals surface area contributed by atoms with E-state index in [2.05, 4.69) is 5.32 Å². The summed E-state index contributed by atoms with van der Waals surface area (Å²) in [7, 11) is 1.90. The van der Waals surface area contributed by atoms with Crippen LogP contribution in [-0.4, -0.2) is 27.8 Å². The highest BCUT2D eigenvalue weighted by Gasteiger charge is 2.21. The van der Waals surface area contributed by atoms with E-state index in [4.69, 9.17) is 27.0 Å². The first-order valence-electron chi connectivity index (χ1n) is 9.13. The Bertz CT molecular complexity index is 992. The number of benzene rings is 2. The van der Waals surface area contributed by atoms with E-state index in [1.165, 1.54) is 6.07 Å². The van der Waals surface area contributed by atoms with E-state index in [1.54, 1.807) is 12.1 Å². The van der Waals surface area contributed by atoms with Gasteiger partial charge in [0.25, 0.3) is 0 Å². The van der Waals surface area contributed by atoms with Gasteiger partial charge in [0.05, 0.1) is 17.8 Å². The van der Waals surface area contributed by atoms with Crippen LogP contribution >= 0.6 is 11.6 Å². The number of aromatic hydroxyl groups is 1. The summed E-state index contributed by atoms with van der Waals surface area (Å²) >= 11 is 6.04. The standard InChI is InChI=1S/C21H22ClN5O/c1-3-7-16(23)18-19(24-2)21(25-14-10-11-17(28)15(22)12-14)27-20(26-18)13-8-5-4-6-9-13/h4-6,8-12,23-24,28H,3,7H2,1-2H3,(H,25,26,27)/p+1. The molecule has 0 saturated carbocycles. The third-order valence-electron chi connectivity index (χ3n) is 4.26. The van der Waals surface area contributed by atoms with Crippen molar-refractivity contribution in [2.75, 3.05) is 12.4 Å². The SMILES string of the molecule is CCCC(=N)c1nc(-c2ccccc2)nc(Nc2ccc(O)c(Cl)c2)c1[NH2+]C. The molecular formula is C21H23ClN5O+. The molecule has 0 fully saturated rings. The van der Waals surface area contributed by atoms with Crippen molar-refractivity contribution in [3.8, 4) is 17.1 Å². The Morgan fingerprint density at radius 1 is 1.18 bits per heavy atom. The van der Waals surface area contributed by atoms with Gasteiger partial charge in [0.15, 0.2) is 17.3 Å². The lowest BCUT2D eigenvalue weighted by Crippen LogP contribution is -2.73. The van der Waals surface area contributed by atoms with Crippen molar-refractivity contribution in [1.29, 1.82) is 5.41 Å². The molecule has 144 valence electrons. The number of anilines is 2. The highest BCUT2D eigenvalue weighted by Crippen LogP contribution is 2.31. The van der Waals surface area contributed by atoms with Crippen molar-refractivity contribution >= 4 is 34.5 Å². The Hall–Kier alpha value is -2.96. The maximum Gasteiger partial charge on any atom is 0.200 e. The third-order valence-corrected chi connectivity index (χ3v) is 4.57. The van der Waals surface area contributed by atoms with Crippen LogP contribution in [0.1, 0.15) is 25.5 Å².